The maximum absolute atomic E-state index is 12.3. The highest BCUT2D eigenvalue weighted by Gasteiger charge is 2.43. The van der Waals surface area contributed by atoms with Crippen LogP contribution in [0.2, 0.25) is 0 Å². The second-order valence-corrected chi connectivity index (χ2v) is 8.72. The lowest BCUT2D eigenvalue weighted by Crippen LogP contribution is -2.30. The fourth-order valence-electron chi connectivity index (χ4n) is 4.51. The first-order chi connectivity index (χ1) is 17.0. The van der Waals surface area contributed by atoms with E-state index in [2.05, 4.69) is 44.9 Å². The van der Waals surface area contributed by atoms with Crippen molar-refractivity contribution in [3.05, 3.63) is 83.4 Å². The smallest absolute Gasteiger partial charge is 0.407 e. The number of carbonyl (C=O) groups is 3. The summed E-state index contributed by atoms with van der Waals surface area (Å²) < 4.78 is 5.54. The van der Waals surface area contributed by atoms with Crippen molar-refractivity contribution >= 4 is 18.0 Å². The third-order valence-corrected chi connectivity index (χ3v) is 6.48. The van der Waals surface area contributed by atoms with Crippen LogP contribution in [0.15, 0.2) is 60.9 Å². The van der Waals surface area contributed by atoms with Crippen LogP contribution in [-0.2, 0) is 16.1 Å². The van der Waals surface area contributed by atoms with Gasteiger partial charge in [-0.1, -0.05) is 48.5 Å². The highest BCUT2D eigenvalue weighted by molar-refractivity contribution is 5.86. The van der Waals surface area contributed by atoms with Crippen LogP contribution in [0.25, 0.3) is 11.1 Å². The summed E-state index contributed by atoms with van der Waals surface area (Å²) in [6, 6.07) is 16.3. The van der Waals surface area contributed by atoms with Gasteiger partial charge in [0.2, 0.25) is 5.91 Å². The summed E-state index contributed by atoms with van der Waals surface area (Å²) in [4.78, 5) is 43.4. The molecule has 2 aromatic carbocycles. The van der Waals surface area contributed by atoms with Gasteiger partial charge in [0, 0.05) is 30.8 Å². The quantitative estimate of drug-likeness (QED) is 0.459. The average Bonchev–Trinajstić information content (AvgIpc) is 3.60. The van der Waals surface area contributed by atoms with Crippen LogP contribution < -0.4 is 10.6 Å². The standard InChI is InChI=1S/C26H24N4O5/c31-24(29-13-23-27-11-16(12-28-23)25(32)33)21-9-15(21)10-30-26(34)35-14-22-19-7-3-1-5-17(19)18-6-2-4-8-20(18)22/h1-8,11-12,15,21-22H,9-10,13-14H2,(H,29,31)(H,30,34)(H,32,33). The highest BCUT2D eigenvalue weighted by Crippen LogP contribution is 2.44. The number of aromatic nitrogens is 2. The van der Waals surface area contributed by atoms with Crippen LogP contribution in [-0.4, -0.2) is 46.2 Å². The van der Waals surface area contributed by atoms with Gasteiger partial charge in [-0.05, 0) is 34.6 Å². The van der Waals surface area contributed by atoms with Crippen molar-refractivity contribution in [1.82, 2.24) is 20.6 Å². The number of fused-ring (bicyclic) bond motifs is 3. The Bertz CT molecular complexity index is 1230. The van der Waals surface area contributed by atoms with Crippen LogP contribution >= 0.6 is 0 Å². The molecule has 1 heterocycles. The van der Waals surface area contributed by atoms with Gasteiger partial charge in [0.1, 0.15) is 12.4 Å². The molecule has 5 rings (SSSR count). The highest BCUT2D eigenvalue weighted by atomic mass is 16.5. The maximum Gasteiger partial charge on any atom is 0.407 e. The molecule has 35 heavy (non-hydrogen) atoms. The molecule has 0 saturated heterocycles. The molecule has 2 aliphatic carbocycles. The molecule has 2 amide bonds. The zero-order valence-corrected chi connectivity index (χ0v) is 18.8. The van der Waals surface area contributed by atoms with E-state index in [-0.39, 0.29) is 42.4 Å². The molecule has 1 saturated carbocycles. The lowest BCUT2D eigenvalue weighted by Gasteiger charge is -2.14. The third kappa shape index (κ3) is 4.84. The number of hydrogen-bond acceptors (Lipinski definition) is 6. The zero-order valence-electron chi connectivity index (χ0n) is 18.8. The lowest BCUT2D eigenvalue weighted by molar-refractivity contribution is -0.122. The van der Waals surface area contributed by atoms with E-state index < -0.39 is 12.1 Å². The number of carbonyl (C=O) groups excluding carboxylic acids is 2. The van der Waals surface area contributed by atoms with E-state index in [1.807, 2.05) is 24.3 Å². The molecule has 1 fully saturated rings. The fraction of sp³-hybridized carbons (Fsp3) is 0.269. The number of amides is 2. The number of rotatable bonds is 8. The van der Waals surface area contributed by atoms with Gasteiger partial charge in [0.25, 0.3) is 0 Å². The van der Waals surface area contributed by atoms with Crippen molar-refractivity contribution in [2.45, 2.75) is 18.9 Å². The second-order valence-electron chi connectivity index (χ2n) is 8.72. The largest absolute Gasteiger partial charge is 0.478 e. The molecule has 9 nitrogen and oxygen atoms in total. The van der Waals surface area contributed by atoms with E-state index in [1.165, 1.54) is 23.5 Å². The van der Waals surface area contributed by atoms with Crippen molar-refractivity contribution in [2.75, 3.05) is 13.2 Å². The Morgan fingerprint density at radius 2 is 1.57 bits per heavy atom. The Balaban J connectivity index is 1.06. The van der Waals surface area contributed by atoms with E-state index >= 15 is 0 Å². The zero-order chi connectivity index (χ0) is 24.4. The molecule has 0 spiro atoms. The fourth-order valence-corrected chi connectivity index (χ4v) is 4.51. The Kier molecular flexibility index (Phi) is 6.13. The minimum absolute atomic E-state index is 0.000570. The van der Waals surface area contributed by atoms with Crippen molar-refractivity contribution < 1.29 is 24.2 Å². The normalized spacial score (nSPS) is 17.7. The molecule has 2 atom stereocenters. The Morgan fingerprint density at radius 3 is 2.20 bits per heavy atom. The molecule has 1 aromatic heterocycles. The topological polar surface area (TPSA) is 131 Å². The number of carboxylic acids is 1. The Morgan fingerprint density at radius 1 is 0.943 bits per heavy atom. The number of alkyl carbamates (subject to hydrolysis) is 1. The summed E-state index contributed by atoms with van der Waals surface area (Å²) in [5, 5.41) is 14.4. The number of aromatic carboxylic acids is 1. The van der Waals surface area contributed by atoms with Gasteiger partial charge in [-0.25, -0.2) is 19.6 Å². The van der Waals surface area contributed by atoms with E-state index in [0.29, 0.717) is 18.8 Å². The minimum Gasteiger partial charge on any atom is -0.478 e. The third-order valence-electron chi connectivity index (χ3n) is 6.48. The Labute approximate surface area is 201 Å². The van der Waals surface area contributed by atoms with E-state index in [4.69, 9.17) is 9.84 Å². The first-order valence-electron chi connectivity index (χ1n) is 11.4. The Hall–Kier alpha value is -4.27. The summed E-state index contributed by atoms with van der Waals surface area (Å²) in [7, 11) is 0. The molecule has 3 N–H and O–H groups in total. The number of nitrogens with zero attached hydrogens (tertiary/aromatic N) is 2. The van der Waals surface area contributed by atoms with Gasteiger partial charge < -0.3 is 20.5 Å². The van der Waals surface area contributed by atoms with Crippen LogP contribution in [0.5, 0.6) is 0 Å². The number of ether oxygens (including phenoxy) is 1. The predicted molar refractivity (Wildman–Crippen MR) is 126 cm³/mol. The molecule has 178 valence electrons. The number of benzene rings is 2. The van der Waals surface area contributed by atoms with Gasteiger partial charge >= 0.3 is 12.1 Å². The van der Waals surface area contributed by atoms with Gasteiger partial charge in [0.15, 0.2) is 0 Å². The van der Waals surface area contributed by atoms with Crippen molar-refractivity contribution in [1.29, 1.82) is 0 Å². The molecular weight excluding hydrogens is 448 g/mol. The van der Waals surface area contributed by atoms with E-state index in [9.17, 15) is 14.4 Å². The molecule has 2 aliphatic rings. The maximum atomic E-state index is 12.3. The first-order valence-corrected chi connectivity index (χ1v) is 11.4. The summed E-state index contributed by atoms with van der Waals surface area (Å²) in [6.45, 7) is 0.718. The predicted octanol–water partition coefficient (Wildman–Crippen LogP) is 2.97. The lowest BCUT2D eigenvalue weighted by atomic mass is 9.98. The number of carboxylic acid groups (broad SMARTS) is 1. The van der Waals surface area contributed by atoms with Crippen LogP contribution in [0.3, 0.4) is 0 Å². The van der Waals surface area contributed by atoms with Gasteiger partial charge in [-0.3, -0.25) is 4.79 Å². The van der Waals surface area contributed by atoms with Crippen LogP contribution in [0.1, 0.15) is 39.6 Å². The van der Waals surface area contributed by atoms with E-state index in [1.54, 1.807) is 0 Å². The SMILES string of the molecule is O=C(NCC1CC1C(=O)NCc1ncc(C(=O)O)cn1)OCC1c2ccccc2-c2ccccc21. The number of nitrogens with one attached hydrogen (secondary N) is 2. The average molecular weight is 473 g/mol. The van der Waals surface area contributed by atoms with Gasteiger partial charge in [-0.15, -0.1) is 0 Å². The first kappa shape index (κ1) is 22.5. The molecular formula is C26H24N4O5. The van der Waals surface area contributed by atoms with Crippen molar-refractivity contribution in [3.63, 3.8) is 0 Å². The van der Waals surface area contributed by atoms with Gasteiger partial charge in [-0.2, -0.15) is 0 Å². The second kappa shape index (κ2) is 9.54. The van der Waals surface area contributed by atoms with Crippen molar-refractivity contribution in [3.8, 4) is 11.1 Å². The minimum atomic E-state index is -1.11. The van der Waals surface area contributed by atoms with Crippen LogP contribution in [0, 0.1) is 11.8 Å². The number of hydrogen-bond donors (Lipinski definition) is 3. The van der Waals surface area contributed by atoms with Crippen molar-refractivity contribution in [2.24, 2.45) is 11.8 Å². The molecule has 3 aromatic rings. The summed E-state index contributed by atoms with van der Waals surface area (Å²) in [5.41, 5.74) is 4.64. The summed E-state index contributed by atoms with van der Waals surface area (Å²) >= 11 is 0. The van der Waals surface area contributed by atoms with E-state index in [0.717, 1.165) is 11.1 Å². The molecule has 0 radical (unpaired) electrons. The summed E-state index contributed by atoms with van der Waals surface area (Å²) in [5.74, 6) is -1.06. The monoisotopic (exact) mass is 472 g/mol. The molecule has 0 bridgehead atoms. The van der Waals surface area contributed by atoms with Gasteiger partial charge in [0.05, 0.1) is 12.1 Å². The molecule has 0 aliphatic heterocycles. The van der Waals surface area contributed by atoms with Crippen LogP contribution in [0.4, 0.5) is 4.79 Å². The summed E-state index contributed by atoms with van der Waals surface area (Å²) in [6.07, 6.45) is 2.59. The molecule has 9 heteroatoms. The molecule has 2 unspecified atom stereocenters.